The van der Waals surface area contributed by atoms with Gasteiger partial charge in [0.05, 0.1) is 30.4 Å². The Morgan fingerprint density at radius 2 is 1.78 bits per heavy atom. The lowest BCUT2D eigenvalue weighted by Crippen LogP contribution is -2.11. The summed E-state index contributed by atoms with van der Waals surface area (Å²) in [5.74, 6) is 0.228. The summed E-state index contributed by atoms with van der Waals surface area (Å²) in [6.45, 7) is 0.257. The molecule has 1 aliphatic carbocycles. The Morgan fingerprint density at radius 3 is 2.46 bits per heavy atom. The average molecular weight is 500 g/mol. The lowest BCUT2D eigenvalue weighted by atomic mass is 9.98. The quantitative estimate of drug-likeness (QED) is 0.290. The van der Waals surface area contributed by atoms with Crippen molar-refractivity contribution < 1.29 is 28.9 Å². The minimum absolute atomic E-state index is 0.125. The number of hydrogen-bond acceptors (Lipinski definition) is 7. The number of phenols is 1. The number of aryl methyl sites for hydroxylation is 1. The van der Waals surface area contributed by atoms with Crippen LogP contribution in [0.25, 0.3) is 0 Å². The minimum Gasteiger partial charge on any atom is -0.507 e. The predicted molar refractivity (Wildman–Crippen MR) is 137 cm³/mol. The zero-order valence-electron chi connectivity index (χ0n) is 20.7. The van der Waals surface area contributed by atoms with E-state index in [2.05, 4.69) is 6.07 Å². The molecule has 37 heavy (non-hydrogen) atoms. The number of hydrogen-bond donors (Lipinski definition) is 1. The third-order valence-corrected chi connectivity index (χ3v) is 6.44. The van der Waals surface area contributed by atoms with Gasteiger partial charge in [-0.05, 0) is 85.7 Å². The molecule has 1 N–H and O–H groups in total. The topological polar surface area (TPSA) is 106 Å². The molecule has 3 aromatic rings. The maximum atomic E-state index is 13.3. The van der Waals surface area contributed by atoms with E-state index in [4.69, 9.17) is 19.5 Å². The number of ether oxygens (including phenoxy) is 3. The highest BCUT2D eigenvalue weighted by atomic mass is 16.5. The molecule has 0 atom stereocenters. The molecule has 0 aliphatic heterocycles. The summed E-state index contributed by atoms with van der Waals surface area (Å²) in [6.07, 6.45) is 4.86. The number of rotatable bonds is 10. The molecule has 7 heteroatoms. The summed E-state index contributed by atoms with van der Waals surface area (Å²) in [6, 6.07) is 18.9. The number of methoxy groups -OCH3 is 1. The molecule has 1 aliphatic rings. The molecule has 3 aromatic carbocycles. The van der Waals surface area contributed by atoms with Gasteiger partial charge in [-0.15, -0.1) is 0 Å². The number of benzene rings is 3. The highest BCUT2D eigenvalue weighted by Gasteiger charge is 2.20. The molecule has 0 spiro atoms. The van der Waals surface area contributed by atoms with Crippen molar-refractivity contribution >= 4 is 11.8 Å². The van der Waals surface area contributed by atoms with Crippen molar-refractivity contribution in [3.63, 3.8) is 0 Å². The van der Waals surface area contributed by atoms with Crippen LogP contribution < -0.4 is 9.47 Å². The summed E-state index contributed by atoms with van der Waals surface area (Å²) in [4.78, 5) is 25.0. The van der Waals surface area contributed by atoms with E-state index in [1.807, 2.05) is 12.1 Å². The first kappa shape index (κ1) is 25.8. The fourth-order valence-electron chi connectivity index (χ4n) is 4.36. The summed E-state index contributed by atoms with van der Waals surface area (Å²) >= 11 is 0. The number of nitriles is 1. The van der Waals surface area contributed by atoms with Crippen LogP contribution in [0, 0.1) is 11.3 Å². The van der Waals surface area contributed by atoms with Gasteiger partial charge < -0.3 is 19.3 Å². The Labute approximate surface area is 216 Å². The highest BCUT2D eigenvalue weighted by molar-refractivity contribution is 6.11. The Balaban J connectivity index is 1.53. The van der Waals surface area contributed by atoms with Gasteiger partial charge in [-0.3, -0.25) is 9.59 Å². The third-order valence-electron chi connectivity index (χ3n) is 6.44. The second-order valence-electron chi connectivity index (χ2n) is 9.03. The maximum Gasteiger partial charge on any atom is 0.305 e. The molecular weight excluding hydrogens is 470 g/mol. The number of ketones is 1. The maximum absolute atomic E-state index is 13.3. The monoisotopic (exact) mass is 499 g/mol. The summed E-state index contributed by atoms with van der Waals surface area (Å²) in [7, 11) is 1.33. The summed E-state index contributed by atoms with van der Waals surface area (Å²) in [5.41, 5.74) is 2.65. The van der Waals surface area contributed by atoms with E-state index in [9.17, 15) is 14.7 Å². The van der Waals surface area contributed by atoms with Crippen LogP contribution in [0.15, 0.2) is 60.7 Å². The van der Waals surface area contributed by atoms with Gasteiger partial charge in [-0.2, -0.15) is 5.26 Å². The molecule has 0 radical (unpaired) electrons. The van der Waals surface area contributed by atoms with Gasteiger partial charge >= 0.3 is 5.97 Å². The number of aromatic hydroxyl groups is 1. The molecular formula is C30H29NO6. The van der Waals surface area contributed by atoms with Crippen LogP contribution in [-0.2, 0) is 22.6 Å². The molecule has 0 heterocycles. The van der Waals surface area contributed by atoms with Gasteiger partial charge in [0, 0.05) is 18.1 Å². The van der Waals surface area contributed by atoms with Crippen molar-refractivity contribution in [2.24, 2.45) is 0 Å². The van der Waals surface area contributed by atoms with Crippen LogP contribution in [-0.4, -0.2) is 30.1 Å². The van der Waals surface area contributed by atoms with Crippen molar-refractivity contribution in [2.75, 3.05) is 7.11 Å². The molecule has 7 nitrogen and oxygen atoms in total. The first-order valence-corrected chi connectivity index (χ1v) is 12.3. The van der Waals surface area contributed by atoms with E-state index in [0.717, 1.165) is 31.2 Å². The second-order valence-corrected chi connectivity index (χ2v) is 9.03. The van der Waals surface area contributed by atoms with Crippen molar-refractivity contribution in [3.8, 4) is 23.3 Å². The van der Waals surface area contributed by atoms with E-state index in [0.29, 0.717) is 34.6 Å². The van der Waals surface area contributed by atoms with Gasteiger partial charge in [0.15, 0.2) is 5.78 Å². The largest absolute Gasteiger partial charge is 0.507 e. The van der Waals surface area contributed by atoms with E-state index in [1.54, 1.807) is 42.5 Å². The zero-order valence-corrected chi connectivity index (χ0v) is 20.7. The van der Waals surface area contributed by atoms with Crippen LogP contribution in [0.3, 0.4) is 0 Å². The summed E-state index contributed by atoms with van der Waals surface area (Å²) < 4.78 is 16.7. The number of phenolic OH excluding ortho intramolecular Hbond substituents is 1. The van der Waals surface area contributed by atoms with Crippen LogP contribution >= 0.6 is 0 Å². The first-order chi connectivity index (χ1) is 18.0. The fourth-order valence-corrected chi connectivity index (χ4v) is 4.36. The molecule has 0 amide bonds. The fraction of sp³-hybridized carbons (Fsp3) is 0.300. The molecule has 1 saturated carbocycles. The van der Waals surface area contributed by atoms with Crippen molar-refractivity contribution in [1.29, 1.82) is 5.26 Å². The number of carbonyl (C=O) groups is 2. The number of esters is 1. The van der Waals surface area contributed by atoms with Crippen molar-refractivity contribution in [1.82, 2.24) is 0 Å². The predicted octanol–water partition coefficient (Wildman–Crippen LogP) is 5.50. The Bertz CT molecular complexity index is 1300. The second kappa shape index (κ2) is 12.1. The van der Waals surface area contributed by atoms with Crippen molar-refractivity contribution in [2.45, 2.75) is 51.2 Å². The van der Waals surface area contributed by atoms with E-state index in [-0.39, 0.29) is 42.2 Å². The molecule has 0 unspecified atom stereocenters. The smallest absolute Gasteiger partial charge is 0.305 e. The average Bonchev–Trinajstić information content (AvgIpc) is 3.43. The SMILES string of the molecule is COC(=O)CCc1cc(C(=O)c2ccc(OC3CCCC3)cc2O)ccc1OCc1ccc(C#N)cc1. The molecule has 190 valence electrons. The van der Waals surface area contributed by atoms with Gasteiger partial charge in [0.25, 0.3) is 0 Å². The molecule has 1 fully saturated rings. The first-order valence-electron chi connectivity index (χ1n) is 12.3. The van der Waals surface area contributed by atoms with Gasteiger partial charge in [0.1, 0.15) is 23.9 Å². The van der Waals surface area contributed by atoms with E-state index < -0.39 is 0 Å². The van der Waals surface area contributed by atoms with Crippen LogP contribution in [0.1, 0.15) is 64.7 Å². The Morgan fingerprint density at radius 1 is 1.03 bits per heavy atom. The number of nitrogens with zero attached hydrogens (tertiary/aromatic N) is 1. The molecule has 4 rings (SSSR count). The minimum atomic E-state index is -0.370. The van der Waals surface area contributed by atoms with E-state index >= 15 is 0 Å². The third kappa shape index (κ3) is 6.68. The molecule has 0 aromatic heterocycles. The van der Waals surface area contributed by atoms with Crippen LogP contribution in [0.5, 0.6) is 17.2 Å². The lowest BCUT2D eigenvalue weighted by molar-refractivity contribution is -0.140. The lowest BCUT2D eigenvalue weighted by Gasteiger charge is -2.15. The van der Waals surface area contributed by atoms with Crippen LogP contribution in [0.2, 0.25) is 0 Å². The zero-order chi connectivity index (χ0) is 26.2. The van der Waals surface area contributed by atoms with Crippen LogP contribution in [0.4, 0.5) is 0 Å². The van der Waals surface area contributed by atoms with E-state index in [1.165, 1.54) is 13.2 Å². The molecule has 0 bridgehead atoms. The highest BCUT2D eigenvalue weighted by Crippen LogP contribution is 2.31. The Hall–Kier alpha value is -4.31. The normalized spacial score (nSPS) is 13.1. The summed E-state index contributed by atoms with van der Waals surface area (Å²) in [5, 5.41) is 19.5. The van der Waals surface area contributed by atoms with Gasteiger partial charge in [0.2, 0.25) is 0 Å². The van der Waals surface area contributed by atoms with Crippen molar-refractivity contribution in [3.05, 3.63) is 88.5 Å². The van der Waals surface area contributed by atoms with Gasteiger partial charge in [-0.1, -0.05) is 12.1 Å². The number of carbonyl (C=O) groups excluding carboxylic acids is 2. The standard InChI is InChI=1S/C30H29NO6/c1-35-29(33)15-11-22-16-23(10-14-28(22)36-19-21-8-6-20(18-31)7-9-21)30(34)26-13-12-25(17-27(26)32)37-24-4-2-3-5-24/h6-10,12-14,16-17,24,32H,2-5,11,15,19H2,1H3. The Kier molecular flexibility index (Phi) is 8.42. The van der Waals surface area contributed by atoms with Gasteiger partial charge in [-0.25, -0.2) is 0 Å². The molecule has 0 saturated heterocycles.